The first-order chi connectivity index (χ1) is 15.4. The molecular formula is C25H32N4O2S. The Bertz CT molecular complexity index is 1050. The highest BCUT2D eigenvalue weighted by atomic mass is 32.1. The molecule has 2 aromatic carbocycles. The molecule has 4 rings (SSSR count). The molecule has 170 valence electrons. The first kappa shape index (κ1) is 22.6. The summed E-state index contributed by atoms with van der Waals surface area (Å²) in [5.41, 5.74) is 1.91. The third-order valence-electron chi connectivity index (χ3n) is 5.62. The minimum atomic E-state index is -0.392. The van der Waals surface area contributed by atoms with Crippen LogP contribution in [0, 0.1) is 5.41 Å². The molecule has 0 atom stereocenters. The Hall–Kier alpha value is -2.64. The van der Waals surface area contributed by atoms with Crippen LogP contribution in [0.4, 0.5) is 16.3 Å². The van der Waals surface area contributed by atoms with E-state index in [9.17, 15) is 4.79 Å². The summed E-state index contributed by atoms with van der Waals surface area (Å²) in [4.78, 5) is 17.1. The first-order valence-corrected chi connectivity index (χ1v) is 12.0. The van der Waals surface area contributed by atoms with Crippen LogP contribution in [0.15, 0.2) is 48.5 Å². The van der Waals surface area contributed by atoms with Gasteiger partial charge in [0.25, 0.3) is 0 Å². The molecule has 1 aliphatic rings. The van der Waals surface area contributed by atoms with E-state index in [0.29, 0.717) is 6.61 Å². The van der Waals surface area contributed by atoms with E-state index in [1.807, 2.05) is 39.0 Å². The van der Waals surface area contributed by atoms with E-state index in [2.05, 4.69) is 45.4 Å². The Morgan fingerprint density at radius 2 is 1.78 bits per heavy atom. The van der Waals surface area contributed by atoms with Crippen LogP contribution in [0.2, 0.25) is 0 Å². The number of hydrogen-bond donors (Lipinski definition) is 1. The molecule has 0 spiro atoms. The van der Waals surface area contributed by atoms with Gasteiger partial charge in [0.1, 0.15) is 5.82 Å². The summed E-state index contributed by atoms with van der Waals surface area (Å²) in [6.45, 7) is 11.5. The average molecular weight is 453 g/mol. The minimum Gasteiger partial charge on any atom is -0.449 e. The topological polar surface area (TPSA) is 57.7 Å². The quantitative estimate of drug-likeness (QED) is 0.553. The average Bonchev–Trinajstić information content (AvgIpc) is 3.21. The number of para-hydroxylation sites is 1. The molecule has 1 aliphatic heterocycles. The molecule has 1 fully saturated rings. The summed E-state index contributed by atoms with van der Waals surface area (Å²) in [7, 11) is 0. The lowest BCUT2D eigenvalue weighted by molar-refractivity contribution is 0.118. The number of benzene rings is 2. The number of anilines is 2. The van der Waals surface area contributed by atoms with E-state index < -0.39 is 6.09 Å². The third kappa shape index (κ3) is 5.78. The van der Waals surface area contributed by atoms with Crippen LogP contribution in [0.25, 0.3) is 10.1 Å². The number of nitrogens with zero attached hydrogens (tertiary/aromatic N) is 3. The van der Waals surface area contributed by atoms with Gasteiger partial charge in [-0.15, -0.1) is 0 Å². The predicted molar refractivity (Wildman–Crippen MR) is 133 cm³/mol. The van der Waals surface area contributed by atoms with E-state index in [1.165, 1.54) is 10.1 Å². The van der Waals surface area contributed by atoms with Gasteiger partial charge in [-0.05, 0) is 47.1 Å². The Labute approximate surface area is 194 Å². The van der Waals surface area contributed by atoms with Crippen molar-refractivity contribution in [2.75, 3.05) is 49.5 Å². The molecule has 0 bridgehead atoms. The number of rotatable bonds is 6. The van der Waals surface area contributed by atoms with E-state index >= 15 is 0 Å². The van der Waals surface area contributed by atoms with E-state index in [4.69, 9.17) is 9.11 Å². The lowest BCUT2D eigenvalue weighted by atomic mass is 9.99. The highest BCUT2D eigenvalue weighted by Crippen LogP contribution is 2.30. The highest BCUT2D eigenvalue weighted by molar-refractivity contribution is 7.13. The van der Waals surface area contributed by atoms with Crippen molar-refractivity contribution in [1.82, 2.24) is 9.27 Å². The van der Waals surface area contributed by atoms with Gasteiger partial charge in [0.15, 0.2) is 0 Å². The molecule has 0 radical (unpaired) electrons. The molecule has 3 aromatic rings. The van der Waals surface area contributed by atoms with E-state index in [1.54, 1.807) is 11.5 Å². The zero-order valence-corrected chi connectivity index (χ0v) is 20.0. The predicted octanol–water partition coefficient (Wildman–Crippen LogP) is 5.26. The van der Waals surface area contributed by atoms with Crippen LogP contribution in [0.3, 0.4) is 0 Å². The van der Waals surface area contributed by atoms with Gasteiger partial charge in [0, 0.05) is 43.8 Å². The van der Waals surface area contributed by atoms with Gasteiger partial charge in [-0.3, -0.25) is 10.2 Å². The normalized spacial score (nSPS) is 15.2. The first-order valence-electron chi connectivity index (χ1n) is 11.2. The molecule has 1 saturated heterocycles. The molecule has 7 heteroatoms. The summed E-state index contributed by atoms with van der Waals surface area (Å²) in [6, 6.07) is 16.4. The maximum Gasteiger partial charge on any atom is 0.411 e. The van der Waals surface area contributed by atoms with E-state index in [0.717, 1.165) is 56.2 Å². The molecule has 1 N–H and O–H groups in total. The fourth-order valence-electron chi connectivity index (χ4n) is 3.85. The second-order valence-electron chi connectivity index (χ2n) is 9.50. The number of ether oxygens (including phenoxy) is 1. The van der Waals surface area contributed by atoms with Crippen LogP contribution in [-0.2, 0) is 11.2 Å². The molecule has 32 heavy (non-hydrogen) atoms. The van der Waals surface area contributed by atoms with Crippen LogP contribution >= 0.6 is 11.5 Å². The number of carbonyl (C=O) groups is 1. The monoisotopic (exact) mass is 452 g/mol. The second kappa shape index (κ2) is 9.88. The lowest BCUT2D eigenvalue weighted by Gasteiger charge is -2.35. The molecule has 0 saturated carbocycles. The number of fused-ring (bicyclic) bond motifs is 1. The number of nitrogens with one attached hydrogen (secondary N) is 1. The van der Waals surface area contributed by atoms with Crippen LogP contribution < -0.4 is 10.2 Å². The zero-order chi connectivity index (χ0) is 22.6. The van der Waals surface area contributed by atoms with Crippen molar-refractivity contribution in [2.45, 2.75) is 27.2 Å². The van der Waals surface area contributed by atoms with Crippen molar-refractivity contribution in [2.24, 2.45) is 5.41 Å². The lowest BCUT2D eigenvalue weighted by Crippen LogP contribution is -2.47. The standard InChI is InChI=1S/C25H32N4O2S/c1-25(2,3)18-31-24(30)26-21-10-6-4-8-19(21)12-13-28-14-16-29(17-15-28)23-20-9-5-7-11-22(20)32-27-23/h4-11H,12-18H2,1-3H3,(H,26,30). The van der Waals surface area contributed by atoms with Crippen LogP contribution in [0.5, 0.6) is 0 Å². The van der Waals surface area contributed by atoms with Crippen molar-refractivity contribution >= 4 is 39.2 Å². The smallest absolute Gasteiger partial charge is 0.411 e. The molecule has 6 nitrogen and oxygen atoms in total. The van der Waals surface area contributed by atoms with Gasteiger partial charge in [-0.25, -0.2) is 4.79 Å². The Balaban J connectivity index is 1.29. The third-order valence-corrected chi connectivity index (χ3v) is 6.43. The van der Waals surface area contributed by atoms with Crippen molar-refractivity contribution in [3.05, 3.63) is 54.1 Å². The fourth-order valence-corrected chi connectivity index (χ4v) is 4.65. The van der Waals surface area contributed by atoms with Gasteiger partial charge >= 0.3 is 6.09 Å². The Morgan fingerprint density at radius 3 is 2.56 bits per heavy atom. The Morgan fingerprint density at radius 1 is 1.06 bits per heavy atom. The van der Waals surface area contributed by atoms with Gasteiger partial charge in [-0.2, -0.15) is 4.37 Å². The van der Waals surface area contributed by atoms with E-state index in [-0.39, 0.29) is 5.41 Å². The number of aromatic nitrogens is 1. The largest absolute Gasteiger partial charge is 0.449 e. The number of amides is 1. The maximum atomic E-state index is 12.2. The second-order valence-corrected chi connectivity index (χ2v) is 10.3. The van der Waals surface area contributed by atoms with Crippen molar-refractivity contribution < 1.29 is 9.53 Å². The molecular weight excluding hydrogens is 420 g/mol. The summed E-state index contributed by atoms with van der Waals surface area (Å²) in [5, 5.41) is 4.17. The van der Waals surface area contributed by atoms with Gasteiger partial charge in [0.2, 0.25) is 0 Å². The molecule has 0 aliphatic carbocycles. The summed E-state index contributed by atoms with van der Waals surface area (Å²) < 4.78 is 11.3. The number of carbonyl (C=O) groups excluding carboxylic acids is 1. The Kier molecular flexibility index (Phi) is 6.96. The van der Waals surface area contributed by atoms with Gasteiger partial charge in [0.05, 0.1) is 11.3 Å². The molecule has 2 heterocycles. The minimum absolute atomic E-state index is 0.0518. The van der Waals surface area contributed by atoms with Crippen LogP contribution in [-0.4, -0.2) is 54.7 Å². The van der Waals surface area contributed by atoms with Gasteiger partial charge in [-0.1, -0.05) is 51.1 Å². The fraction of sp³-hybridized carbons (Fsp3) is 0.440. The van der Waals surface area contributed by atoms with Crippen molar-refractivity contribution in [3.8, 4) is 0 Å². The molecule has 0 unspecified atom stereocenters. The molecule has 1 aromatic heterocycles. The highest BCUT2D eigenvalue weighted by Gasteiger charge is 2.21. The molecule has 1 amide bonds. The number of piperazine rings is 1. The number of hydrogen-bond acceptors (Lipinski definition) is 6. The van der Waals surface area contributed by atoms with Crippen molar-refractivity contribution in [1.29, 1.82) is 0 Å². The zero-order valence-electron chi connectivity index (χ0n) is 19.1. The van der Waals surface area contributed by atoms with Crippen molar-refractivity contribution in [3.63, 3.8) is 0 Å². The summed E-state index contributed by atoms with van der Waals surface area (Å²) in [6.07, 6.45) is 0.492. The summed E-state index contributed by atoms with van der Waals surface area (Å²) >= 11 is 1.58. The maximum absolute atomic E-state index is 12.2. The van der Waals surface area contributed by atoms with Gasteiger partial charge < -0.3 is 9.64 Å². The SMILES string of the molecule is CC(C)(C)COC(=O)Nc1ccccc1CCN1CCN(c2nsc3ccccc23)CC1. The van der Waals surface area contributed by atoms with Crippen LogP contribution in [0.1, 0.15) is 26.3 Å². The summed E-state index contributed by atoms with van der Waals surface area (Å²) in [5.74, 6) is 1.12.